The normalized spacial score (nSPS) is 18.9. The maximum atomic E-state index is 11.9. The number of carbonyl (C=O) groups excluding carboxylic acids is 1. The minimum Gasteiger partial charge on any atom is -0.330 e. The van der Waals surface area contributed by atoms with Gasteiger partial charge in [0.2, 0.25) is 5.91 Å². The first-order valence-corrected chi connectivity index (χ1v) is 6.87. The van der Waals surface area contributed by atoms with Crippen LogP contribution < -0.4 is 10.7 Å². The molecule has 1 heterocycles. The van der Waals surface area contributed by atoms with Crippen LogP contribution in [-0.4, -0.2) is 18.7 Å². The molecular weight excluding hydrogens is 238 g/mol. The van der Waals surface area contributed by atoms with Gasteiger partial charge < -0.3 is 5.73 Å². The first kappa shape index (κ1) is 13.7. The molecule has 0 saturated heterocycles. The van der Waals surface area contributed by atoms with Gasteiger partial charge >= 0.3 is 0 Å². The molecule has 1 aliphatic rings. The molecular formula is C15H21N3O. The summed E-state index contributed by atoms with van der Waals surface area (Å²) in [6, 6.07) is 8.05. The van der Waals surface area contributed by atoms with Crippen LogP contribution in [0.2, 0.25) is 0 Å². The van der Waals surface area contributed by atoms with Crippen LogP contribution in [-0.2, 0) is 11.2 Å². The number of hydrazone groups is 1. The quantitative estimate of drug-likeness (QED) is 0.825. The molecule has 0 fully saturated rings. The minimum absolute atomic E-state index is 0.0610. The van der Waals surface area contributed by atoms with Crippen molar-refractivity contribution in [3.63, 3.8) is 0 Å². The van der Waals surface area contributed by atoms with Gasteiger partial charge in [0, 0.05) is 18.6 Å². The number of carbonyl (C=O) groups is 1. The first-order valence-electron chi connectivity index (χ1n) is 6.87. The van der Waals surface area contributed by atoms with E-state index in [4.69, 9.17) is 5.73 Å². The molecule has 1 aromatic carbocycles. The van der Waals surface area contributed by atoms with Crippen molar-refractivity contribution < 1.29 is 4.79 Å². The topological polar surface area (TPSA) is 58.7 Å². The van der Waals surface area contributed by atoms with Crippen molar-refractivity contribution in [1.82, 2.24) is 0 Å². The molecule has 0 saturated carbocycles. The molecule has 4 nitrogen and oxygen atoms in total. The number of anilines is 1. The van der Waals surface area contributed by atoms with E-state index >= 15 is 0 Å². The van der Waals surface area contributed by atoms with E-state index in [0.717, 1.165) is 31.5 Å². The molecule has 2 N–H and O–H groups in total. The Morgan fingerprint density at radius 1 is 1.32 bits per heavy atom. The third kappa shape index (κ3) is 3.64. The lowest BCUT2D eigenvalue weighted by molar-refractivity contribution is -0.119. The van der Waals surface area contributed by atoms with Crippen molar-refractivity contribution in [3.8, 4) is 0 Å². The smallest absolute Gasteiger partial charge is 0.248 e. The summed E-state index contributed by atoms with van der Waals surface area (Å²) < 4.78 is 0. The van der Waals surface area contributed by atoms with Gasteiger partial charge in [0.25, 0.3) is 0 Å². The number of hydrogen-bond acceptors (Lipinski definition) is 3. The van der Waals surface area contributed by atoms with Crippen LogP contribution in [0.3, 0.4) is 0 Å². The zero-order chi connectivity index (χ0) is 13.7. The van der Waals surface area contributed by atoms with Crippen LogP contribution in [0.1, 0.15) is 31.7 Å². The van der Waals surface area contributed by atoms with Crippen molar-refractivity contribution in [2.24, 2.45) is 16.8 Å². The van der Waals surface area contributed by atoms with Crippen LogP contribution >= 0.6 is 0 Å². The number of nitrogens with two attached hydrogens (primary N) is 1. The molecule has 4 heteroatoms. The largest absolute Gasteiger partial charge is 0.330 e. The Labute approximate surface area is 114 Å². The summed E-state index contributed by atoms with van der Waals surface area (Å²) in [4.78, 5) is 11.9. The van der Waals surface area contributed by atoms with Crippen molar-refractivity contribution in [1.29, 1.82) is 0 Å². The van der Waals surface area contributed by atoms with Crippen molar-refractivity contribution in [2.45, 2.75) is 32.6 Å². The lowest BCUT2D eigenvalue weighted by Gasteiger charge is -2.22. The molecule has 2 rings (SSSR count). The fraction of sp³-hybridized carbons (Fsp3) is 0.467. The second kappa shape index (κ2) is 6.48. The molecule has 0 aliphatic carbocycles. The zero-order valence-corrected chi connectivity index (χ0v) is 11.4. The van der Waals surface area contributed by atoms with Crippen molar-refractivity contribution >= 4 is 17.8 Å². The summed E-state index contributed by atoms with van der Waals surface area (Å²) in [5, 5.41) is 5.70. The number of aryl methyl sites for hydroxylation is 1. The summed E-state index contributed by atoms with van der Waals surface area (Å²) in [5.74, 6) is 0.296. The molecule has 1 aliphatic heterocycles. The minimum atomic E-state index is 0.0610. The van der Waals surface area contributed by atoms with E-state index in [1.807, 2.05) is 25.3 Å². The predicted octanol–water partition coefficient (Wildman–Crippen LogP) is 2.33. The number of amides is 1. The van der Waals surface area contributed by atoms with E-state index in [9.17, 15) is 4.79 Å². The van der Waals surface area contributed by atoms with Crippen LogP contribution in [0, 0.1) is 5.92 Å². The number of benzene rings is 1. The molecule has 102 valence electrons. The third-order valence-corrected chi connectivity index (χ3v) is 3.27. The fourth-order valence-electron chi connectivity index (χ4n) is 2.15. The number of nitrogens with zero attached hydrogens (tertiary/aromatic N) is 2. The van der Waals surface area contributed by atoms with Gasteiger partial charge in [0.15, 0.2) is 0 Å². The average Bonchev–Trinajstić information content (AvgIpc) is 2.40. The van der Waals surface area contributed by atoms with Gasteiger partial charge in [-0.25, -0.2) is 5.01 Å². The predicted molar refractivity (Wildman–Crippen MR) is 78.2 cm³/mol. The Morgan fingerprint density at radius 3 is 2.68 bits per heavy atom. The zero-order valence-electron chi connectivity index (χ0n) is 11.4. The first-order chi connectivity index (χ1) is 9.20. The number of unbranched alkanes of at least 4 members (excludes halogenated alkanes) is 1. The molecule has 1 unspecified atom stereocenters. The Bertz CT molecular complexity index is 453. The second-order valence-electron chi connectivity index (χ2n) is 5.06. The molecule has 1 aromatic rings. The Balaban J connectivity index is 2.02. The van der Waals surface area contributed by atoms with Crippen molar-refractivity contribution in [2.75, 3.05) is 11.6 Å². The molecule has 0 radical (unpaired) electrons. The van der Waals surface area contributed by atoms with E-state index in [1.165, 1.54) is 10.6 Å². The van der Waals surface area contributed by atoms with Crippen LogP contribution in [0.25, 0.3) is 0 Å². The Morgan fingerprint density at radius 2 is 2.05 bits per heavy atom. The van der Waals surface area contributed by atoms with Gasteiger partial charge in [0.05, 0.1) is 5.69 Å². The van der Waals surface area contributed by atoms with Gasteiger partial charge in [-0.1, -0.05) is 19.1 Å². The molecule has 1 atom stereocenters. The average molecular weight is 259 g/mol. The van der Waals surface area contributed by atoms with Crippen LogP contribution in [0.5, 0.6) is 0 Å². The summed E-state index contributed by atoms with van der Waals surface area (Å²) in [6.45, 7) is 2.74. The highest BCUT2D eigenvalue weighted by Crippen LogP contribution is 2.21. The van der Waals surface area contributed by atoms with E-state index in [0.29, 0.717) is 6.42 Å². The second-order valence-corrected chi connectivity index (χ2v) is 5.06. The van der Waals surface area contributed by atoms with Gasteiger partial charge in [-0.05, 0) is 43.5 Å². The molecule has 0 aromatic heterocycles. The third-order valence-electron chi connectivity index (χ3n) is 3.27. The SMILES string of the molecule is CC1C=NN(c2ccc(CCCCN)cc2)C(=O)C1. The maximum Gasteiger partial charge on any atom is 0.248 e. The maximum absolute atomic E-state index is 11.9. The number of rotatable bonds is 5. The lowest BCUT2D eigenvalue weighted by atomic mass is 10.1. The van der Waals surface area contributed by atoms with Crippen LogP contribution in [0.4, 0.5) is 5.69 Å². The summed E-state index contributed by atoms with van der Waals surface area (Å²) in [5.41, 5.74) is 7.60. The molecule has 19 heavy (non-hydrogen) atoms. The molecule has 0 spiro atoms. The van der Waals surface area contributed by atoms with Crippen LogP contribution in [0.15, 0.2) is 29.4 Å². The monoisotopic (exact) mass is 259 g/mol. The van der Waals surface area contributed by atoms with E-state index < -0.39 is 0 Å². The highest BCUT2D eigenvalue weighted by molar-refractivity contribution is 5.97. The van der Waals surface area contributed by atoms with Gasteiger partial charge in [-0.3, -0.25) is 4.79 Å². The molecule has 0 bridgehead atoms. The highest BCUT2D eigenvalue weighted by atomic mass is 16.2. The van der Waals surface area contributed by atoms with Gasteiger partial charge in [0.1, 0.15) is 0 Å². The Hall–Kier alpha value is -1.68. The summed E-state index contributed by atoms with van der Waals surface area (Å²) in [7, 11) is 0. The summed E-state index contributed by atoms with van der Waals surface area (Å²) in [6.07, 6.45) is 5.55. The number of hydrogen-bond donors (Lipinski definition) is 1. The fourth-order valence-corrected chi connectivity index (χ4v) is 2.15. The lowest BCUT2D eigenvalue weighted by Crippen LogP contribution is -2.31. The van der Waals surface area contributed by atoms with Crippen molar-refractivity contribution in [3.05, 3.63) is 29.8 Å². The van der Waals surface area contributed by atoms with Gasteiger partial charge in [-0.2, -0.15) is 5.10 Å². The van der Waals surface area contributed by atoms with E-state index in [-0.39, 0.29) is 11.8 Å². The van der Waals surface area contributed by atoms with E-state index in [1.54, 1.807) is 0 Å². The Kier molecular flexibility index (Phi) is 4.68. The standard InChI is InChI=1S/C15H21N3O/c1-12-10-15(19)18(17-11-12)14-7-5-13(6-8-14)4-2-3-9-16/h5-8,11-12H,2-4,9-10,16H2,1H3. The van der Waals surface area contributed by atoms with E-state index in [2.05, 4.69) is 17.2 Å². The van der Waals surface area contributed by atoms with Gasteiger partial charge in [-0.15, -0.1) is 0 Å². The summed E-state index contributed by atoms with van der Waals surface area (Å²) >= 11 is 0. The highest BCUT2D eigenvalue weighted by Gasteiger charge is 2.21. The molecule has 1 amide bonds.